The molecule has 0 radical (unpaired) electrons. The zero-order valence-electron chi connectivity index (χ0n) is 17.6. The molecule has 9 heteroatoms. The second kappa shape index (κ2) is 9.72. The normalized spacial score (nSPS) is 15.1. The van der Waals surface area contributed by atoms with Crippen molar-refractivity contribution in [1.82, 2.24) is 14.5 Å². The molecule has 0 aliphatic carbocycles. The number of amides is 1. The van der Waals surface area contributed by atoms with Gasteiger partial charge in [0.25, 0.3) is 5.91 Å². The Kier molecular flexibility index (Phi) is 6.97. The van der Waals surface area contributed by atoms with Gasteiger partial charge in [0, 0.05) is 53.1 Å². The summed E-state index contributed by atoms with van der Waals surface area (Å²) in [6.45, 7) is 3.72. The minimum absolute atomic E-state index is 0.0718. The number of sulfonamides is 1. The standard InChI is InChI=1S/C23H24ClN3O3S2/c1-25-32(29,30)21-8-5-17(6-9-21)23(28)27-13-11-26(12-14-27)16-20-7-10-22(31-20)18-3-2-4-19(24)15-18/h2-10,15,25H,11-14,16H2,1H3. The maximum Gasteiger partial charge on any atom is 0.253 e. The highest BCUT2D eigenvalue weighted by Crippen LogP contribution is 2.30. The predicted molar refractivity (Wildman–Crippen MR) is 129 cm³/mol. The lowest BCUT2D eigenvalue weighted by molar-refractivity contribution is 0.0629. The predicted octanol–water partition coefficient (Wildman–Crippen LogP) is 3.93. The van der Waals surface area contributed by atoms with Gasteiger partial charge in [-0.2, -0.15) is 0 Å². The summed E-state index contributed by atoms with van der Waals surface area (Å²) in [6, 6.07) is 18.2. The summed E-state index contributed by atoms with van der Waals surface area (Å²) in [7, 11) is -2.14. The third kappa shape index (κ3) is 5.22. The summed E-state index contributed by atoms with van der Waals surface area (Å²) in [5.41, 5.74) is 1.62. The summed E-state index contributed by atoms with van der Waals surface area (Å²) in [6.07, 6.45) is 0. The number of carbonyl (C=O) groups is 1. The van der Waals surface area contributed by atoms with Crippen LogP contribution in [0.4, 0.5) is 0 Å². The Bertz CT molecular complexity index is 1200. The van der Waals surface area contributed by atoms with Crippen molar-refractivity contribution in [2.75, 3.05) is 33.2 Å². The summed E-state index contributed by atoms with van der Waals surface area (Å²) >= 11 is 7.87. The topological polar surface area (TPSA) is 69.7 Å². The van der Waals surface area contributed by atoms with Gasteiger partial charge < -0.3 is 4.90 Å². The summed E-state index contributed by atoms with van der Waals surface area (Å²) in [4.78, 5) is 19.6. The molecule has 0 unspecified atom stereocenters. The van der Waals surface area contributed by atoms with Gasteiger partial charge >= 0.3 is 0 Å². The third-order valence-corrected chi connectivity index (χ3v) is 8.27. The largest absolute Gasteiger partial charge is 0.336 e. The van der Waals surface area contributed by atoms with E-state index in [1.807, 2.05) is 23.1 Å². The Hall–Kier alpha value is -2.23. The summed E-state index contributed by atoms with van der Waals surface area (Å²) < 4.78 is 26.0. The Labute approximate surface area is 197 Å². The van der Waals surface area contributed by atoms with Gasteiger partial charge in [-0.1, -0.05) is 23.7 Å². The Morgan fingerprint density at radius 1 is 1.03 bits per heavy atom. The smallest absolute Gasteiger partial charge is 0.253 e. The molecule has 0 atom stereocenters. The minimum Gasteiger partial charge on any atom is -0.336 e. The van der Waals surface area contributed by atoms with E-state index in [2.05, 4.69) is 27.8 Å². The zero-order chi connectivity index (χ0) is 22.7. The van der Waals surface area contributed by atoms with Gasteiger partial charge in [0.2, 0.25) is 10.0 Å². The highest BCUT2D eigenvalue weighted by atomic mass is 35.5. The average molecular weight is 490 g/mol. The van der Waals surface area contributed by atoms with E-state index >= 15 is 0 Å². The van der Waals surface area contributed by atoms with Crippen LogP contribution >= 0.6 is 22.9 Å². The molecule has 1 aromatic heterocycles. The fraction of sp³-hybridized carbons (Fsp3) is 0.261. The van der Waals surface area contributed by atoms with E-state index in [1.54, 1.807) is 23.5 Å². The lowest BCUT2D eigenvalue weighted by Gasteiger charge is -2.34. The first-order valence-electron chi connectivity index (χ1n) is 10.3. The van der Waals surface area contributed by atoms with E-state index in [1.165, 1.54) is 28.9 Å². The number of hydrogen-bond donors (Lipinski definition) is 1. The number of nitrogens with zero attached hydrogens (tertiary/aromatic N) is 2. The van der Waals surface area contributed by atoms with Crippen LogP contribution in [0.5, 0.6) is 0 Å². The van der Waals surface area contributed by atoms with E-state index in [0.29, 0.717) is 18.7 Å². The van der Waals surface area contributed by atoms with Crippen molar-refractivity contribution in [1.29, 1.82) is 0 Å². The van der Waals surface area contributed by atoms with Crippen LogP contribution in [0.25, 0.3) is 10.4 Å². The van der Waals surface area contributed by atoms with Gasteiger partial charge in [0.15, 0.2) is 0 Å². The van der Waals surface area contributed by atoms with Crippen LogP contribution in [0, 0.1) is 0 Å². The van der Waals surface area contributed by atoms with Crippen LogP contribution in [-0.2, 0) is 16.6 Å². The van der Waals surface area contributed by atoms with Crippen molar-refractivity contribution in [3.63, 3.8) is 0 Å². The van der Waals surface area contributed by atoms with Crippen LogP contribution < -0.4 is 4.72 Å². The molecule has 168 valence electrons. The number of piperazine rings is 1. The number of thiophene rings is 1. The number of carbonyl (C=O) groups excluding carboxylic acids is 1. The average Bonchev–Trinajstić information content (AvgIpc) is 3.28. The molecule has 1 N–H and O–H groups in total. The van der Waals surface area contributed by atoms with E-state index in [9.17, 15) is 13.2 Å². The van der Waals surface area contributed by atoms with Crippen LogP contribution in [0.2, 0.25) is 5.02 Å². The molecule has 1 aliphatic rings. The molecule has 4 rings (SSSR count). The molecule has 0 saturated carbocycles. The maximum atomic E-state index is 12.8. The molecule has 1 saturated heterocycles. The second-order valence-electron chi connectivity index (χ2n) is 7.58. The van der Waals surface area contributed by atoms with Crippen molar-refractivity contribution >= 4 is 38.9 Å². The number of halogens is 1. The summed E-state index contributed by atoms with van der Waals surface area (Å²) in [5.74, 6) is -0.0718. The summed E-state index contributed by atoms with van der Waals surface area (Å²) in [5, 5.41) is 0.733. The number of hydrogen-bond acceptors (Lipinski definition) is 5. The third-order valence-electron chi connectivity index (χ3n) is 5.49. The first kappa shape index (κ1) is 22.9. The number of nitrogens with one attached hydrogen (secondary N) is 1. The van der Waals surface area contributed by atoms with Crippen molar-refractivity contribution in [3.05, 3.63) is 76.1 Å². The van der Waals surface area contributed by atoms with Gasteiger partial charge in [-0.25, -0.2) is 13.1 Å². The highest BCUT2D eigenvalue weighted by molar-refractivity contribution is 7.89. The van der Waals surface area contributed by atoms with Gasteiger partial charge in [-0.3, -0.25) is 9.69 Å². The molecule has 6 nitrogen and oxygen atoms in total. The van der Waals surface area contributed by atoms with Crippen LogP contribution in [0.15, 0.2) is 65.6 Å². The molecule has 1 aliphatic heterocycles. The SMILES string of the molecule is CNS(=O)(=O)c1ccc(C(=O)N2CCN(Cc3ccc(-c4cccc(Cl)c4)s3)CC2)cc1. The molecule has 0 bridgehead atoms. The second-order valence-corrected chi connectivity index (χ2v) is 11.1. The van der Waals surface area contributed by atoms with Gasteiger partial charge in [-0.05, 0) is 61.1 Å². The Morgan fingerprint density at radius 2 is 1.75 bits per heavy atom. The fourth-order valence-electron chi connectivity index (χ4n) is 3.67. The van der Waals surface area contributed by atoms with Crippen LogP contribution in [0.3, 0.4) is 0 Å². The monoisotopic (exact) mass is 489 g/mol. The van der Waals surface area contributed by atoms with Crippen LogP contribution in [-0.4, -0.2) is 57.4 Å². The molecular formula is C23H24ClN3O3S2. The van der Waals surface area contributed by atoms with Gasteiger partial charge in [0.05, 0.1) is 4.90 Å². The first-order chi connectivity index (χ1) is 15.4. The molecular weight excluding hydrogens is 466 g/mol. The van der Waals surface area contributed by atoms with E-state index < -0.39 is 10.0 Å². The lowest BCUT2D eigenvalue weighted by atomic mass is 10.2. The highest BCUT2D eigenvalue weighted by Gasteiger charge is 2.23. The minimum atomic E-state index is -3.51. The molecule has 32 heavy (non-hydrogen) atoms. The zero-order valence-corrected chi connectivity index (χ0v) is 20.0. The van der Waals surface area contributed by atoms with Crippen molar-refractivity contribution in [2.24, 2.45) is 0 Å². The van der Waals surface area contributed by atoms with E-state index in [0.717, 1.165) is 30.2 Å². The Balaban J connectivity index is 1.33. The van der Waals surface area contributed by atoms with Crippen molar-refractivity contribution in [2.45, 2.75) is 11.4 Å². The number of benzene rings is 2. The van der Waals surface area contributed by atoms with Crippen molar-refractivity contribution < 1.29 is 13.2 Å². The molecule has 1 amide bonds. The quantitative estimate of drug-likeness (QED) is 0.569. The lowest BCUT2D eigenvalue weighted by Crippen LogP contribution is -2.48. The molecule has 3 aromatic rings. The van der Waals surface area contributed by atoms with Crippen LogP contribution in [0.1, 0.15) is 15.2 Å². The van der Waals surface area contributed by atoms with Gasteiger partial charge in [0.1, 0.15) is 0 Å². The first-order valence-corrected chi connectivity index (χ1v) is 12.9. The van der Waals surface area contributed by atoms with E-state index in [-0.39, 0.29) is 10.8 Å². The molecule has 2 aromatic carbocycles. The van der Waals surface area contributed by atoms with Gasteiger partial charge in [-0.15, -0.1) is 11.3 Å². The number of rotatable bonds is 6. The maximum absolute atomic E-state index is 12.8. The molecule has 1 fully saturated rings. The van der Waals surface area contributed by atoms with Crippen molar-refractivity contribution in [3.8, 4) is 10.4 Å². The van der Waals surface area contributed by atoms with E-state index in [4.69, 9.17) is 11.6 Å². The molecule has 2 heterocycles. The molecule has 0 spiro atoms. The fourth-order valence-corrected chi connectivity index (χ4v) is 5.63. The Morgan fingerprint density at radius 3 is 2.41 bits per heavy atom.